The molecule has 0 bridgehead atoms. The molecule has 4 rings (SSSR count). The van der Waals surface area contributed by atoms with Crippen LogP contribution < -0.4 is 15.0 Å². The van der Waals surface area contributed by atoms with Crippen LogP contribution in [0.5, 0.6) is 5.75 Å². The van der Waals surface area contributed by atoms with Crippen LogP contribution >= 0.6 is 11.6 Å². The first-order valence-electron chi connectivity index (χ1n) is 10.9. The van der Waals surface area contributed by atoms with Crippen LogP contribution in [0.25, 0.3) is 0 Å². The zero-order chi connectivity index (χ0) is 22.0. The second kappa shape index (κ2) is 9.47. The number of benzene rings is 2. The van der Waals surface area contributed by atoms with E-state index in [1.165, 1.54) is 5.69 Å². The molecule has 1 fully saturated rings. The van der Waals surface area contributed by atoms with Crippen LogP contribution in [0.3, 0.4) is 0 Å². The maximum atomic E-state index is 11.5. The summed E-state index contributed by atoms with van der Waals surface area (Å²) in [5.74, 6) is 0.776. The van der Waals surface area contributed by atoms with Crippen LogP contribution in [-0.2, 0) is 11.2 Å². The van der Waals surface area contributed by atoms with Crippen LogP contribution in [0.1, 0.15) is 25.8 Å². The first kappa shape index (κ1) is 21.9. The molecular formula is C24H30ClN3O3. The highest BCUT2D eigenvalue weighted by Crippen LogP contribution is 2.27. The highest BCUT2D eigenvalue weighted by atomic mass is 35.5. The maximum absolute atomic E-state index is 11.5. The topological polar surface area (TPSA) is 65.0 Å². The van der Waals surface area contributed by atoms with E-state index in [-0.39, 0.29) is 12.5 Å². The summed E-state index contributed by atoms with van der Waals surface area (Å²) in [5.41, 5.74) is 3.10. The number of hydrogen-bond donors (Lipinski definition) is 2. The number of nitrogens with zero attached hydrogens (tertiary/aromatic N) is 2. The Bertz CT molecular complexity index is 909. The fourth-order valence-corrected chi connectivity index (χ4v) is 4.64. The molecule has 2 aromatic rings. The van der Waals surface area contributed by atoms with E-state index in [9.17, 15) is 9.90 Å². The molecule has 2 heterocycles. The van der Waals surface area contributed by atoms with Gasteiger partial charge in [-0.15, -0.1) is 0 Å². The summed E-state index contributed by atoms with van der Waals surface area (Å²) in [6.45, 7) is 7.00. The van der Waals surface area contributed by atoms with Crippen molar-refractivity contribution in [1.29, 1.82) is 0 Å². The molecule has 31 heavy (non-hydrogen) atoms. The Kier molecular flexibility index (Phi) is 6.70. The van der Waals surface area contributed by atoms with Crippen LogP contribution in [-0.4, -0.2) is 60.3 Å². The molecular weight excluding hydrogens is 414 g/mol. The van der Waals surface area contributed by atoms with Gasteiger partial charge in [-0.05, 0) is 68.3 Å². The molecule has 1 saturated heterocycles. The first-order chi connectivity index (χ1) is 14.9. The number of ether oxygens (including phenoxy) is 1. The zero-order valence-corrected chi connectivity index (χ0v) is 18.8. The van der Waals surface area contributed by atoms with Crippen molar-refractivity contribution in [2.45, 2.75) is 44.9 Å². The van der Waals surface area contributed by atoms with Gasteiger partial charge in [0.15, 0.2) is 0 Å². The van der Waals surface area contributed by atoms with Gasteiger partial charge in [0.05, 0.1) is 0 Å². The Labute approximate surface area is 188 Å². The number of carbonyl (C=O) groups is 1. The van der Waals surface area contributed by atoms with Crippen molar-refractivity contribution < 1.29 is 14.6 Å². The summed E-state index contributed by atoms with van der Waals surface area (Å²) in [4.78, 5) is 16.2. The van der Waals surface area contributed by atoms with E-state index in [1.54, 1.807) is 0 Å². The number of halogens is 1. The van der Waals surface area contributed by atoms with Crippen molar-refractivity contribution in [3.8, 4) is 5.75 Å². The summed E-state index contributed by atoms with van der Waals surface area (Å²) >= 11 is 6.02. The predicted molar refractivity (Wildman–Crippen MR) is 124 cm³/mol. The van der Waals surface area contributed by atoms with Crippen molar-refractivity contribution in [2.24, 2.45) is 0 Å². The number of nitrogens with one attached hydrogen (secondary N) is 1. The predicted octanol–water partition coefficient (Wildman–Crippen LogP) is 3.56. The second-order valence-electron chi connectivity index (χ2n) is 8.61. The third-order valence-corrected chi connectivity index (χ3v) is 6.38. The molecule has 1 amide bonds. The minimum atomic E-state index is -0.581. The molecule has 0 aliphatic carbocycles. The highest BCUT2D eigenvalue weighted by molar-refractivity contribution is 6.30. The number of amides is 1. The van der Waals surface area contributed by atoms with Gasteiger partial charge in [-0.25, -0.2) is 0 Å². The third-order valence-electron chi connectivity index (χ3n) is 6.13. The molecule has 0 saturated carbocycles. The van der Waals surface area contributed by atoms with Crippen molar-refractivity contribution in [3.63, 3.8) is 0 Å². The van der Waals surface area contributed by atoms with Gasteiger partial charge < -0.3 is 20.1 Å². The Balaban J connectivity index is 1.30. The summed E-state index contributed by atoms with van der Waals surface area (Å²) in [6.07, 6.45) is 0.632. The molecule has 2 aliphatic heterocycles. The van der Waals surface area contributed by atoms with Gasteiger partial charge in [0.25, 0.3) is 0 Å². The summed E-state index contributed by atoms with van der Waals surface area (Å²) in [5, 5.41) is 14.3. The number of β-amino-alcohol motifs (C(OH)–C–C–N with tert-alkyl or cyclic N) is 1. The number of aliphatic hydroxyl groups is 1. The third kappa shape index (κ3) is 5.32. The molecule has 0 aromatic heterocycles. The molecule has 7 heteroatoms. The second-order valence-corrected chi connectivity index (χ2v) is 9.04. The number of fused-ring (bicyclic) bond motifs is 1. The van der Waals surface area contributed by atoms with Crippen LogP contribution in [0.4, 0.5) is 11.4 Å². The molecule has 2 N–H and O–H groups in total. The Hall–Kier alpha value is -2.28. The summed E-state index contributed by atoms with van der Waals surface area (Å²) in [6, 6.07) is 14.2. The molecule has 0 radical (unpaired) electrons. The van der Waals surface area contributed by atoms with Gasteiger partial charge in [0.1, 0.15) is 18.5 Å². The van der Waals surface area contributed by atoms with E-state index in [1.807, 2.05) is 30.3 Å². The van der Waals surface area contributed by atoms with Crippen molar-refractivity contribution >= 4 is 28.9 Å². The monoisotopic (exact) mass is 443 g/mol. The lowest BCUT2D eigenvalue weighted by atomic mass is 10.0. The van der Waals surface area contributed by atoms with Gasteiger partial charge in [0, 0.05) is 54.5 Å². The molecule has 1 unspecified atom stereocenters. The van der Waals surface area contributed by atoms with Crippen molar-refractivity contribution in [1.82, 2.24) is 4.90 Å². The van der Waals surface area contributed by atoms with Gasteiger partial charge in [-0.3, -0.25) is 9.69 Å². The lowest BCUT2D eigenvalue weighted by molar-refractivity contribution is -0.116. The average molecular weight is 444 g/mol. The van der Waals surface area contributed by atoms with E-state index in [0.717, 1.165) is 35.1 Å². The number of piperazine rings is 1. The van der Waals surface area contributed by atoms with E-state index >= 15 is 0 Å². The van der Waals surface area contributed by atoms with E-state index in [0.29, 0.717) is 31.5 Å². The fraction of sp³-hybridized carbons (Fsp3) is 0.458. The smallest absolute Gasteiger partial charge is 0.224 e. The minimum Gasteiger partial charge on any atom is -0.491 e. The number of anilines is 2. The van der Waals surface area contributed by atoms with Crippen LogP contribution in [0.2, 0.25) is 5.02 Å². The molecule has 0 spiro atoms. The normalized spacial score (nSPS) is 22.6. The number of rotatable bonds is 6. The summed E-state index contributed by atoms with van der Waals surface area (Å²) < 4.78 is 5.86. The molecule has 6 nitrogen and oxygen atoms in total. The first-order valence-corrected chi connectivity index (χ1v) is 11.3. The highest BCUT2D eigenvalue weighted by Gasteiger charge is 2.31. The zero-order valence-electron chi connectivity index (χ0n) is 18.1. The Morgan fingerprint density at radius 3 is 2.55 bits per heavy atom. The van der Waals surface area contributed by atoms with Gasteiger partial charge in [-0.1, -0.05) is 11.6 Å². The van der Waals surface area contributed by atoms with Crippen LogP contribution in [0, 0.1) is 0 Å². The van der Waals surface area contributed by atoms with Crippen LogP contribution in [0.15, 0.2) is 42.5 Å². The number of aryl methyl sites for hydroxylation is 1. The van der Waals surface area contributed by atoms with E-state index in [2.05, 4.69) is 41.1 Å². The maximum Gasteiger partial charge on any atom is 0.224 e. The van der Waals surface area contributed by atoms with E-state index < -0.39 is 6.10 Å². The lowest BCUT2D eigenvalue weighted by Crippen LogP contribution is -2.58. The quantitative estimate of drug-likeness (QED) is 0.714. The minimum absolute atomic E-state index is 0.0518. The molecule has 3 atom stereocenters. The largest absolute Gasteiger partial charge is 0.491 e. The van der Waals surface area contributed by atoms with Crippen molar-refractivity contribution in [2.75, 3.05) is 36.5 Å². The van der Waals surface area contributed by atoms with Gasteiger partial charge in [-0.2, -0.15) is 0 Å². The fourth-order valence-electron chi connectivity index (χ4n) is 4.52. The van der Waals surface area contributed by atoms with Gasteiger partial charge in [0.2, 0.25) is 5.91 Å². The van der Waals surface area contributed by atoms with Crippen molar-refractivity contribution in [3.05, 3.63) is 53.1 Å². The number of aliphatic hydroxyl groups excluding tert-OH is 1. The lowest BCUT2D eigenvalue weighted by Gasteiger charge is -2.46. The van der Waals surface area contributed by atoms with Gasteiger partial charge >= 0.3 is 0 Å². The Morgan fingerprint density at radius 1 is 1.13 bits per heavy atom. The summed E-state index contributed by atoms with van der Waals surface area (Å²) in [7, 11) is 0. The molecule has 2 aliphatic rings. The number of carbonyl (C=O) groups excluding carboxylic acids is 1. The molecule has 2 aromatic carbocycles. The standard InChI is InChI=1S/C24H30ClN3O3/c1-16-12-27(20-6-4-19(25)5-7-20)13-17(2)28(16)14-21(29)15-31-22-8-9-23-18(11-22)3-10-24(30)26-23/h4-9,11,16-17,21,29H,3,10,12-15H2,1-2H3,(H,26,30)/t16-,17?,21+/m1/s1. The van der Waals surface area contributed by atoms with E-state index in [4.69, 9.17) is 16.3 Å². The molecule has 166 valence electrons. The SMILES string of the molecule is CC1CN(c2ccc(Cl)cc2)C[C@@H](C)N1C[C@H](O)COc1ccc2c(c1)CCC(=O)N2. The number of hydrogen-bond acceptors (Lipinski definition) is 5. The Morgan fingerprint density at radius 2 is 1.84 bits per heavy atom. The average Bonchev–Trinajstić information content (AvgIpc) is 2.75.